The van der Waals surface area contributed by atoms with Crippen molar-refractivity contribution < 1.29 is 23.7 Å². The molecule has 30 heavy (non-hydrogen) atoms. The van der Waals surface area contributed by atoms with E-state index in [2.05, 4.69) is 26.8 Å². The second-order valence-corrected chi connectivity index (χ2v) is 9.41. The Balaban J connectivity index is 1.53. The van der Waals surface area contributed by atoms with E-state index in [0.29, 0.717) is 36.2 Å². The summed E-state index contributed by atoms with van der Waals surface area (Å²) in [4.78, 5) is 11.7. The SMILES string of the molecule is C/C(=C\CC1OC1(C)C)CCOc1c2c(cc3oc(=O)ccc13)OC(C(C)(C)O)C2. The first-order valence-corrected chi connectivity index (χ1v) is 10.5. The van der Waals surface area contributed by atoms with Gasteiger partial charge in [0, 0.05) is 30.5 Å². The van der Waals surface area contributed by atoms with Crippen LogP contribution < -0.4 is 15.1 Å². The highest BCUT2D eigenvalue weighted by atomic mass is 16.6. The standard InChI is InChI=1S/C24H30O6/c1-14(6-8-19-24(4,5)30-19)10-11-27-22-15-7-9-21(25)29-17(15)13-18-16(22)12-20(28-18)23(2,3)26/h6-7,9,13,19-20,26H,8,10-12H2,1-5H3/b14-6+. The van der Waals surface area contributed by atoms with E-state index >= 15 is 0 Å². The highest BCUT2D eigenvalue weighted by molar-refractivity contribution is 5.87. The average Bonchev–Trinajstić information content (AvgIpc) is 3.05. The number of aliphatic hydroxyl groups is 1. The molecule has 2 unspecified atom stereocenters. The summed E-state index contributed by atoms with van der Waals surface area (Å²) in [7, 11) is 0. The molecule has 2 aliphatic rings. The molecule has 0 amide bonds. The van der Waals surface area contributed by atoms with E-state index in [9.17, 15) is 9.90 Å². The van der Waals surface area contributed by atoms with E-state index < -0.39 is 11.2 Å². The first-order valence-electron chi connectivity index (χ1n) is 10.5. The minimum Gasteiger partial charge on any atom is -0.492 e. The molecule has 1 fully saturated rings. The van der Waals surface area contributed by atoms with Crippen molar-refractivity contribution in [3.63, 3.8) is 0 Å². The molecule has 1 aromatic heterocycles. The molecule has 4 rings (SSSR count). The number of benzene rings is 1. The van der Waals surface area contributed by atoms with Crippen LogP contribution in [0.25, 0.3) is 11.0 Å². The van der Waals surface area contributed by atoms with Crippen LogP contribution in [0.15, 0.2) is 39.1 Å². The van der Waals surface area contributed by atoms with Gasteiger partial charge in [-0.3, -0.25) is 0 Å². The van der Waals surface area contributed by atoms with Gasteiger partial charge >= 0.3 is 5.63 Å². The van der Waals surface area contributed by atoms with Crippen LogP contribution in [0.2, 0.25) is 0 Å². The Hall–Kier alpha value is -2.31. The Morgan fingerprint density at radius 2 is 2.10 bits per heavy atom. The van der Waals surface area contributed by atoms with Crippen molar-refractivity contribution in [2.75, 3.05) is 6.61 Å². The fraction of sp³-hybridized carbons (Fsp3) is 0.542. The van der Waals surface area contributed by atoms with Gasteiger partial charge in [-0.25, -0.2) is 4.79 Å². The first kappa shape index (κ1) is 20.9. The maximum atomic E-state index is 11.7. The topological polar surface area (TPSA) is 81.4 Å². The van der Waals surface area contributed by atoms with Crippen molar-refractivity contribution in [3.8, 4) is 11.5 Å². The predicted molar refractivity (Wildman–Crippen MR) is 114 cm³/mol. The molecular weight excluding hydrogens is 384 g/mol. The predicted octanol–water partition coefficient (Wildman–Crippen LogP) is 4.15. The van der Waals surface area contributed by atoms with Gasteiger partial charge in [-0.15, -0.1) is 0 Å². The van der Waals surface area contributed by atoms with Crippen LogP contribution in [0.4, 0.5) is 0 Å². The molecule has 0 saturated carbocycles. The second-order valence-electron chi connectivity index (χ2n) is 9.41. The minimum atomic E-state index is -0.999. The van der Waals surface area contributed by atoms with Crippen molar-refractivity contribution in [2.24, 2.45) is 0 Å². The van der Waals surface area contributed by atoms with Crippen molar-refractivity contribution in [3.05, 3.63) is 45.8 Å². The van der Waals surface area contributed by atoms with E-state index in [1.807, 2.05) is 0 Å². The van der Waals surface area contributed by atoms with E-state index in [4.69, 9.17) is 18.6 Å². The third kappa shape index (κ3) is 4.25. The van der Waals surface area contributed by atoms with E-state index in [-0.39, 0.29) is 11.7 Å². The third-order valence-corrected chi connectivity index (χ3v) is 5.97. The van der Waals surface area contributed by atoms with Crippen LogP contribution >= 0.6 is 0 Å². The molecule has 2 aliphatic heterocycles. The number of ether oxygens (including phenoxy) is 3. The maximum absolute atomic E-state index is 11.7. The van der Waals surface area contributed by atoms with Gasteiger partial charge in [-0.05, 0) is 47.1 Å². The van der Waals surface area contributed by atoms with E-state index in [1.54, 1.807) is 26.0 Å². The third-order valence-electron chi connectivity index (χ3n) is 5.97. The fourth-order valence-electron chi connectivity index (χ4n) is 3.83. The van der Waals surface area contributed by atoms with Gasteiger partial charge in [-0.1, -0.05) is 11.6 Å². The van der Waals surface area contributed by atoms with Crippen LogP contribution in [-0.2, 0) is 11.2 Å². The number of rotatable bonds is 7. The highest BCUT2D eigenvalue weighted by Gasteiger charge is 2.46. The Labute approximate surface area is 176 Å². The molecule has 2 aromatic rings. The maximum Gasteiger partial charge on any atom is 0.336 e. The first-order chi connectivity index (χ1) is 14.0. The van der Waals surface area contributed by atoms with Gasteiger partial charge in [0.25, 0.3) is 0 Å². The zero-order chi connectivity index (χ0) is 21.7. The van der Waals surface area contributed by atoms with Gasteiger partial charge in [0.15, 0.2) is 0 Å². The Kier molecular flexibility index (Phi) is 5.19. The summed E-state index contributed by atoms with van der Waals surface area (Å²) in [6.07, 6.45) is 4.35. The monoisotopic (exact) mass is 414 g/mol. The smallest absolute Gasteiger partial charge is 0.336 e. The molecule has 0 aliphatic carbocycles. The molecule has 1 saturated heterocycles. The molecule has 6 heteroatoms. The minimum absolute atomic E-state index is 0.00225. The van der Waals surface area contributed by atoms with Crippen LogP contribution in [0, 0.1) is 0 Å². The quantitative estimate of drug-likeness (QED) is 0.416. The lowest BCUT2D eigenvalue weighted by molar-refractivity contribution is -0.0229. The number of fused-ring (bicyclic) bond motifs is 2. The largest absolute Gasteiger partial charge is 0.492 e. The molecule has 1 N–H and O–H groups in total. The zero-order valence-corrected chi connectivity index (χ0v) is 18.3. The van der Waals surface area contributed by atoms with Gasteiger partial charge in [0.1, 0.15) is 23.2 Å². The normalized spacial score (nSPS) is 22.7. The molecule has 162 valence electrons. The zero-order valence-electron chi connectivity index (χ0n) is 18.3. The molecule has 2 atom stereocenters. The summed E-state index contributed by atoms with van der Waals surface area (Å²) in [5.74, 6) is 1.26. The fourth-order valence-corrected chi connectivity index (χ4v) is 3.83. The molecule has 0 spiro atoms. The van der Waals surface area contributed by atoms with Crippen molar-refractivity contribution >= 4 is 11.0 Å². The van der Waals surface area contributed by atoms with E-state index in [0.717, 1.165) is 23.8 Å². The molecule has 0 radical (unpaired) electrons. The van der Waals surface area contributed by atoms with Gasteiger partial charge in [0.05, 0.1) is 29.3 Å². The Morgan fingerprint density at radius 1 is 1.37 bits per heavy atom. The summed E-state index contributed by atoms with van der Waals surface area (Å²) < 4.78 is 23.2. The van der Waals surface area contributed by atoms with Crippen molar-refractivity contribution in [2.45, 2.75) is 77.3 Å². The number of hydrogen-bond donors (Lipinski definition) is 1. The van der Waals surface area contributed by atoms with Gasteiger partial charge in [0.2, 0.25) is 0 Å². The van der Waals surface area contributed by atoms with E-state index in [1.165, 1.54) is 11.6 Å². The summed E-state index contributed by atoms with van der Waals surface area (Å²) in [6.45, 7) is 10.2. The van der Waals surface area contributed by atoms with Crippen LogP contribution in [-0.4, -0.2) is 35.1 Å². The second kappa shape index (κ2) is 7.43. The lowest BCUT2D eigenvalue weighted by Gasteiger charge is -2.24. The lowest BCUT2D eigenvalue weighted by Crippen LogP contribution is -2.39. The summed E-state index contributed by atoms with van der Waals surface area (Å²) in [5, 5.41) is 11.1. The summed E-state index contributed by atoms with van der Waals surface area (Å²) in [6, 6.07) is 4.84. The molecule has 0 bridgehead atoms. The van der Waals surface area contributed by atoms with Crippen LogP contribution in [0.5, 0.6) is 11.5 Å². The molecule has 3 heterocycles. The highest BCUT2D eigenvalue weighted by Crippen LogP contribution is 2.43. The summed E-state index contributed by atoms with van der Waals surface area (Å²) >= 11 is 0. The number of hydrogen-bond acceptors (Lipinski definition) is 6. The van der Waals surface area contributed by atoms with Crippen LogP contribution in [0.3, 0.4) is 0 Å². The van der Waals surface area contributed by atoms with Gasteiger partial charge in [-0.2, -0.15) is 0 Å². The summed E-state index contributed by atoms with van der Waals surface area (Å²) in [5.41, 5.74) is 1.15. The van der Waals surface area contributed by atoms with Crippen molar-refractivity contribution in [1.29, 1.82) is 0 Å². The van der Waals surface area contributed by atoms with Crippen molar-refractivity contribution in [1.82, 2.24) is 0 Å². The Morgan fingerprint density at radius 3 is 2.77 bits per heavy atom. The average molecular weight is 414 g/mol. The Bertz CT molecular complexity index is 1040. The molecular formula is C24H30O6. The van der Waals surface area contributed by atoms with Crippen LogP contribution in [0.1, 0.15) is 53.0 Å². The van der Waals surface area contributed by atoms with Gasteiger partial charge < -0.3 is 23.7 Å². The number of epoxide rings is 1. The molecule has 1 aromatic carbocycles. The molecule has 6 nitrogen and oxygen atoms in total. The lowest BCUT2D eigenvalue weighted by atomic mass is 9.96.